The van der Waals surface area contributed by atoms with Crippen LogP contribution >= 0.6 is 0 Å². The topological polar surface area (TPSA) is 55.1 Å². The molecular formula is C18H22N2O. The minimum atomic E-state index is -0.570. The van der Waals surface area contributed by atoms with Gasteiger partial charge in [-0.1, -0.05) is 55.5 Å². The molecule has 1 unspecified atom stereocenters. The van der Waals surface area contributed by atoms with Crippen molar-refractivity contribution in [1.82, 2.24) is 5.32 Å². The molecule has 1 atom stereocenters. The van der Waals surface area contributed by atoms with Crippen molar-refractivity contribution in [3.8, 4) is 0 Å². The molecule has 3 N–H and O–H groups in total. The summed E-state index contributed by atoms with van der Waals surface area (Å²) in [5.74, 6) is -0.0794. The van der Waals surface area contributed by atoms with Crippen LogP contribution in [0.5, 0.6) is 0 Å². The van der Waals surface area contributed by atoms with E-state index in [-0.39, 0.29) is 5.91 Å². The van der Waals surface area contributed by atoms with Crippen LogP contribution in [0.25, 0.3) is 0 Å². The first-order valence-corrected chi connectivity index (χ1v) is 7.26. The van der Waals surface area contributed by atoms with Crippen LogP contribution in [0.1, 0.15) is 35.3 Å². The minimum Gasteiger partial charge on any atom is -0.342 e. The maximum atomic E-state index is 12.6. The molecule has 21 heavy (non-hydrogen) atoms. The number of rotatable bonds is 5. The second-order valence-corrected chi connectivity index (χ2v) is 5.37. The highest BCUT2D eigenvalue weighted by molar-refractivity contribution is 5.96. The Bertz CT molecular complexity index is 610. The van der Waals surface area contributed by atoms with E-state index in [0.29, 0.717) is 6.54 Å². The summed E-state index contributed by atoms with van der Waals surface area (Å²) in [6, 6.07) is 17.5. The molecule has 0 aliphatic carbocycles. The van der Waals surface area contributed by atoms with Crippen LogP contribution in [0.15, 0.2) is 54.6 Å². The van der Waals surface area contributed by atoms with E-state index >= 15 is 0 Å². The summed E-state index contributed by atoms with van der Waals surface area (Å²) in [6.07, 6.45) is 0.828. The molecule has 0 radical (unpaired) electrons. The number of hydrogen-bond donors (Lipinski definition) is 2. The van der Waals surface area contributed by atoms with Gasteiger partial charge in [0.25, 0.3) is 5.91 Å². The van der Waals surface area contributed by atoms with E-state index in [4.69, 9.17) is 5.73 Å². The lowest BCUT2D eigenvalue weighted by molar-refractivity contribution is 0.0906. The van der Waals surface area contributed by atoms with Crippen LogP contribution in [0.3, 0.4) is 0 Å². The van der Waals surface area contributed by atoms with E-state index in [0.717, 1.165) is 23.1 Å². The minimum absolute atomic E-state index is 0.0794. The fraction of sp³-hybridized carbons (Fsp3) is 0.278. The molecule has 0 saturated carbocycles. The first kappa shape index (κ1) is 15.3. The molecule has 0 aromatic heterocycles. The predicted molar refractivity (Wildman–Crippen MR) is 86.1 cm³/mol. The Hall–Kier alpha value is -2.13. The van der Waals surface area contributed by atoms with Crippen molar-refractivity contribution in [3.05, 3.63) is 71.3 Å². The molecule has 2 aromatic carbocycles. The van der Waals surface area contributed by atoms with Crippen molar-refractivity contribution in [2.24, 2.45) is 5.73 Å². The van der Waals surface area contributed by atoms with E-state index < -0.39 is 5.54 Å². The zero-order chi connectivity index (χ0) is 15.3. The molecule has 0 spiro atoms. The van der Waals surface area contributed by atoms with Crippen LogP contribution in [0, 0.1) is 0 Å². The number of aryl methyl sites for hydroxylation is 1. The fourth-order valence-electron chi connectivity index (χ4n) is 2.42. The molecule has 110 valence electrons. The van der Waals surface area contributed by atoms with Crippen LogP contribution in [-0.2, 0) is 12.0 Å². The van der Waals surface area contributed by atoms with Crippen LogP contribution in [0.2, 0.25) is 0 Å². The molecular weight excluding hydrogens is 260 g/mol. The summed E-state index contributed by atoms with van der Waals surface area (Å²) < 4.78 is 0. The standard InChI is InChI=1S/C18H22N2O/c1-3-14-9-7-8-12-16(14)17(21)20-18(2,13-19)15-10-5-4-6-11-15/h4-12H,3,13,19H2,1-2H3,(H,20,21). The molecule has 0 saturated heterocycles. The monoisotopic (exact) mass is 282 g/mol. The zero-order valence-electron chi connectivity index (χ0n) is 12.6. The lowest BCUT2D eigenvalue weighted by Gasteiger charge is -2.30. The molecule has 2 aromatic rings. The van der Waals surface area contributed by atoms with Gasteiger partial charge in [0.05, 0.1) is 5.54 Å². The zero-order valence-corrected chi connectivity index (χ0v) is 12.6. The lowest BCUT2D eigenvalue weighted by Crippen LogP contribution is -2.49. The smallest absolute Gasteiger partial charge is 0.252 e. The van der Waals surface area contributed by atoms with Gasteiger partial charge in [-0.2, -0.15) is 0 Å². The van der Waals surface area contributed by atoms with Gasteiger partial charge in [0.1, 0.15) is 0 Å². The highest BCUT2D eigenvalue weighted by Gasteiger charge is 2.27. The molecule has 3 nitrogen and oxygen atoms in total. The van der Waals surface area contributed by atoms with E-state index in [1.54, 1.807) is 0 Å². The number of carbonyl (C=O) groups excluding carboxylic acids is 1. The van der Waals surface area contributed by atoms with Crippen molar-refractivity contribution in [1.29, 1.82) is 0 Å². The summed E-state index contributed by atoms with van der Waals surface area (Å²) in [5.41, 5.74) is 8.12. The Morgan fingerprint density at radius 3 is 2.33 bits per heavy atom. The van der Waals surface area contributed by atoms with Crippen LogP contribution in [0.4, 0.5) is 0 Å². The molecule has 3 heteroatoms. The largest absolute Gasteiger partial charge is 0.342 e. The molecule has 2 rings (SSSR count). The Morgan fingerprint density at radius 2 is 1.71 bits per heavy atom. The van der Waals surface area contributed by atoms with E-state index in [1.807, 2.05) is 68.4 Å². The van der Waals surface area contributed by atoms with E-state index in [1.165, 1.54) is 0 Å². The van der Waals surface area contributed by atoms with Crippen LogP contribution < -0.4 is 11.1 Å². The van der Waals surface area contributed by atoms with Gasteiger partial charge in [-0.05, 0) is 30.5 Å². The number of carbonyl (C=O) groups is 1. The summed E-state index contributed by atoms with van der Waals surface area (Å²) in [6.45, 7) is 4.34. The van der Waals surface area contributed by atoms with Gasteiger partial charge in [0.15, 0.2) is 0 Å². The van der Waals surface area contributed by atoms with Gasteiger partial charge in [-0.15, -0.1) is 0 Å². The highest BCUT2D eigenvalue weighted by atomic mass is 16.1. The summed E-state index contributed by atoms with van der Waals surface area (Å²) in [5, 5.41) is 3.09. The Balaban J connectivity index is 2.28. The number of benzene rings is 2. The Morgan fingerprint density at radius 1 is 1.10 bits per heavy atom. The predicted octanol–water partition coefficient (Wildman–Crippen LogP) is 2.85. The fourth-order valence-corrected chi connectivity index (χ4v) is 2.42. The lowest BCUT2D eigenvalue weighted by atomic mass is 9.91. The maximum Gasteiger partial charge on any atom is 0.252 e. The summed E-state index contributed by atoms with van der Waals surface area (Å²) in [4.78, 5) is 12.6. The van der Waals surface area contributed by atoms with E-state index in [2.05, 4.69) is 5.32 Å². The number of nitrogens with two attached hydrogens (primary N) is 1. The van der Waals surface area contributed by atoms with Crippen molar-refractivity contribution >= 4 is 5.91 Å². The third-order valence-electron chi connectivity index (χ3n) is 3.85. The van der Waals surface area contributed by atoms with Gasteiger partial charge >= 0.3 is 0 Å². The second-order valence-electron chi connectivity index (χ2n) is 5.37. The van der Waals surface area contributed by atoms with Gasteiger partial charge in [-0.25, -0.2) is 0 Å². The first-order valence-electron chi connectivity index (χ1n) is 7.26. The van der Waals surface area contributed by atoms with Crippen molar-refractivity contribution in [3.63, 3.8) is 0 Å². The number of amides is 1. The highest BCUT2D eigenvalue weighted by Crippen LogP contribution is 2.20. The Kier molecular flexibility index (Phi) is 4.76. The third-order valence-corrected chi connectivity index (χ3v) is 3.85. The summed E-state index contributed by atoms with van der Waals surface area (Å²) in [7, 11) is 0. The number of hydrogen-bond acceptors (Lipinski definition) is 2. The van der Waals surface area contributed by atoms with E-state index in [9.17, 15) is 4.79 Å². The van der Waals surface area contributed by atoms with Gasteiger partial charge in [0, 0.05) is 12.1 Å². The average Bonchev–Trinajstić information content (AvgIpc) is 2.55. The SMILES string of the molecule is CCc1ccccc1C(=O)NC(C)(CN)c1ccccc1. The van der Waals surface area contributed by atoms with Crippen molar-refractivity contribution in [2.75, 3.05) is 6.54 Å². The van der Waals surface area contributed by atoms with Gasteiger partial charge in [0.2, 0.25) is 0 Å². The number of nitrogens with one attached hydrogen (secondary N) is 1. The molecule has 0 heterocycles. The summed E-state index contributed by atoms with van der Waals surface area (Å²) >= 11 is 0. The molecule has 0 fully saturated rings. The molecule has 0 bridgehead atoms. The van der Waals surface area contributed by atoms with Crippen molar-refractivity contribution < 1.29 is 4.79 Å². The Labute approximate surface area is 126 Å². The quantitative estimate of drug-likeness (QED) is 0.886. The maximum absolute atomic E-state index is 12.6. The van der Waals surface area contributed by atoms with Gasteiger partial charge in [-0.3, -0.25) is 4.79 Å². The molecule has 1 amide bonds. The molecule has 0 aliphatic heterocycles. The van der Waals surface area contributed by atoms with Crippen LogP contribution in [-0.4, -0.2) is 12.5 Å². The second kappa shape index (κ2) is 6.55. The first-order chi connectivity index (χ1) is 10.1. The van der Waals surface area contributed by atoms with Crippen molar-refractivity contribution in [2.45, 2.75) is 25.8 Å². The van der Waals surface area contributed by atoms with Gasteiger partial charge < -0.3 is 11.1 Å². The average molecular weight is 282 g/mol. The third kappa shape index (κ3) is 3.31. The molecule has 0 aliphatic rings. The normalized spacial score (nSPS) is 13.5.